The lowest BCUT2D eigenvalue weighted by Crippen LogP contribution is -2.33. The van der Waals surface area contributed by atoms with Crippen molar-refractivity contribution in [2.45, 2.75) is 6.42 Å². The Morgan fingerprint density at radius 3 is 3.00 bits per heavy atom. The van der Waals surface area contributed by atoms with Gasteiger partial charge in [0.15, 0.2) is 0 Å². The van der Waals surface area contributed by atoms with Crippen molar-refractivity contribution in [2.24, 2.45) is 0 Å². The van der Waals surface area contributed by atoms with Crippen LogP contribution in [0.5, 0.6) is 0 Å². The van der Waals surface area contributed by atoms with Crippen LogP contribution in [0, 0.1) is 5.82 Å². The molecular weight excluding hydrogens is 313 g/mol. The fraction of sp³-hybridized carbons (Fsp3) is 0.294. The van der Waals surface area contributed by atoms with Crippen LogP contribution < -0.4 is 5.32 Å². The maximum Gasteiger partial charge on any atom is 0.257 e. The Morgan fingerprint density at radius 1 is 1.22 bits per heavy atom. The fourth-order valence-corrected chi connectivity index (χ4v) is 3.39. The summed E-state index contributed by atoms with van der Waals surface area (Å²) in [7, 11) is 0. The van der Waals surface area contributed by atoms with Crippen LogP contribution in [-0.2, 0) is 0 Å². The summed E-state index contributed by atoms with van der Waals surface area (Å²) in [6, 6.07) is 9.63. The molecule has 1 saturated heterocycles. The first-order valence-corrected chi connectivity index (χ1v) is 8.74. The minimum Gasteiger partial charge on any atom is -0.339 e. The van der Waals surface area contributed by atoms with E-state index in [1.807, 2.05) is 16.7 Å². The van der Waals surface area contributed by atoms with Gasteiger partial charge in [-0.1, -0.05) is 6.07 Å². The second-order valence-electron chi connectivity index (χ2n) is 5.29. The first kappa shape index (κ1) is 15.8. The molecule has 1 aromatic heterocycles. The van der Waals surface area contributed by atoms with Crippen LogP contribution >= 0.6 is 11.8 Å². The first-order valence-electron chi connectivity index (χ1n) is 7.59. The molecule has 1 N–H and O–H groups in total. The zero-order valence-corrected chi connectivity index (χ0v) is 13.5. The SMILES string of the molecule is O=C(c1cccnc1Nc1cccc(F)c1)N1CCCSCC1. The van der Waals surface area contributed by atoms with E-state index in [4.69, 9.17) is 0 Å². The number of amides is 1. The number of anilines is 2. The van der Waals surface area contributed by atoms with Crippen molar-refractivity contribution in [1.82, 2.24) is 9.88 Å². The topological polar surface area (TPSA) is 45.2 Å². The second-order valence-corrected chi connectivity index (χ2v) is 6.52. The minimum absolute atomic E-state index is 0.0282. The molecule has 0 spiro atoms. The van der Waals surface area contributed by atoms with E-state index in [1.165, 1.54) is 12.1 Å². The van der Waals surface area contributed by atoms with Gasteiger partial charge >= 0.3 is 0 Å². The van der Waals surface area contributed by atoms with Gasteiger partial charge in [0.2, 0.25) is 0 Å². The molecule has 120 valence electrons. The van der Waals surface area contributed by atoms with Gasteiger partial charge in [0, 0.05) is 30.7 Å². The summed E-state index contributed by atoms with van der Waals surface area (Å²) in [4.78, 5) is 18.9. The summed E-state index contributed by atoms with van der Waals surface area (Å²) in [5, 5.41) is 3.05. The molecular formula is C17H18FN3OS. The van der Waals surface area contributed by atoms with Crippen molar-refractivity contribution < 1.29 is 9.18 Å². The van der Waals surface area contributed by atoms with Crippen molar-refractivity contribution in [3.8, 4) is 0 Å². The molecule has 2 aromatic rings. The van der Waals surface area contributed by atoms with Crippen LogP contribution in [0.1, 0.15) is 16.8 Å². The third kappa shape index (κ3) is 4.01. The number of halogens is 1. The lowest BCUT2D eigenvalue weighted by atomic mass is 10.2. The van der Waals surface area contributed by atoms with Crippen LogP contribution in [0.2, 0.25) is 0 Å². The number of carbonyl (C=O) groups excluding carboxylic acids is 1. The average Bonchev–Trinajstić information content (AvgIpc) is 2.84. The van der Waals surface area contributed by atoms with Crippen molar-refractivity contribution in [3.05, 3.63) is 54.0 Å². The molecule has 1 aliphatic heterocycles. The number of hydrogen-bond donors (Lipinski definition) is 1. The highest BCUT2D eigenvalue weighted by molar-refractivity contribution is 7.99. The number of rotatable bonds is 3. The number of thioether (sulfide) groups is 1. The van der Waals surface area contributed by atoms with Crippen molar-refractivity contribution in [2.75, 3.05) is 29.9 Å². The Bertz CT molecular complexity index is 687. The van der Waals surface area contributed by atoms with E-state index in [0.29, 0.717) is 17.1 Å². The quantitative estimate of drug-likeness (QED) is 0.934. The summed E-state index contributed by atoms with van der Waals surface area (Å²) < 4.78 is 13.3. The molecule has 23 heavy (non-hydrogen) atoms. The number of carbonyl (C=O) groups is 1. The van der Waals surface area contributed by atoms with Gasteiger partial charge in [0.05, 0.1) is 5.56 Å². The number of nitrogens with one attached hydrogen (secondary N) is 1. The molecule has 0 bridgehead atoms. The summed E-state index contributed by atoms with van der Waals surface area (Å²) in [6.45, 7) is 1.51. The zero-order valence-electron chi connectivity index (χ0n) is 12.7. The lowest BCUT2D eigenvalue weighted by molar-refractivity contribution is 0.0769. The first-order chi connectivity index (χ1) is 11.2. The Kier molecular flexibility index (Phi) is 5.12. The van der Waals surface area contributed by atoms with E-state index in [9.17, 15) is 9.18 Å². The maximum atomic E-state index is 13.3. The van der Waals surface area contributed by atoms with Gasteiger partial charge in [0.1, 0.15) is 11.6 Å². The van der Waals surface area contributed by atoms with Crippen LogP contribution in [0.15, 0.2) is 42.6 Å². The largest absolute Gasteiger partial charge is 0.339 e. The van der Waals surface area contributed by atoms with Gasteiger partial charge in [-0.05, 0) is 42.5 Å². The third-order valence-corrected chi connectivity index (χ3v) is 4.68. The van der Waals surface area contributed by atoms with Gasteiger partial charge in [-0.15, -0.1) is 0 Å². The summed E-state index contributed by atoms with van der Waals surface area (Å²) in [5.41, 5.74) is 1.09. The standard InChI is InChI=1S/C17H18FN3OS/c18-13-4-1-5-14(12-13)20-16-15(6-2-7-19-16)17(22)21-8-3-10-23-11-9-21/h1-2,4-7,12H,3,8-11H2,(H,19,20). The molecule has 0 saturated carbocycles. The number of aromatic nitrogens is 1. The predicted molar refractivity (Wildman–Crippen MR) is 91.8 cm³/mol. The van der Waals surface area contributed by atoms with E-state index >= 15 is 0 Å². The van der Waals surface area contributed by atoms with Gasteiger partial charge in [-0.2, -0.15) is 11.8 Å². The van der Waals surface area contributed by atoms with Gasteiger partial charge < -0.3 is 10.2 Å². The Hall–Kier alpha value is -2.08. The van der Waals surface area contributed by atoms with E-state index < -0.39 is 0 Å². The summed E-state index contributed by atoms with van der Waals surface area (Å²) >= 11 is 1.87. The van der Waals surface area contributed by atoms with Gasteiger partial charge in [-0.3, -0.25) is 4.79 Å². The molecule has 4 nitrogen and oxygen atoms in total. The number of pyridine rings is 1. The maximum absolute atomic E-state index is 13.3. The van der Waals surface area contributed by atoms with Gasteiger partial charge in [0.25, 0.3) is 5.91 Å². The van der Waals surface area contributed by atoms with Crippen LogP contribution in [0.3, 0.4) is 0 Å². The Morgan fingerprint density at radius 2 is 2.13 bits per heavy atom. The summed E-state index contributed by atoms with van der Waals surface area (Å²) in [6.07, 6.45) is 2.63. The summed E-state index contributed by atoms with van der Waals surface area (Å²) in [5.74, 6) is 2.15. The lowest BCUT2D eigenvalue weighted by Gasteiger charge is -2.21. The van der Waals surface area contributed by atoms with Crippen molar-refractivity contribution in [3.63, 3.8) is 0 Å². The Labute approximate surface area is 139 Å². The molecule has 1 amide bonds. The highest BCUT2D eigenvalue weighted by atomic mass is 32.2. The van der Waals surface area contributed by atoms with Crippen LogP contribution in [0.4, 0.5) is 15.9 Å². The molecule has 1 aromatic carbocycles. The number of hydrogen-bond acceptors (Lipinski definition) is 4. The monoisotopic (exact) mass is 331 g/mol. The highest BCUT2D eigenvalue weighted by Gasteiger charge is 2.20. The highest BCUT2D eigenvalue weighted by Crippen LogP contribution is 2.21. The van der Waals surface area contributed by atoms with Crippen molar-refractivity contribution >= 4 is 29.2 Å². The number of benzene rings is 1. The van der Waals surface area contributed by atoms with E-state index in [0.717, 1.165) is 31.0 Å². The zero-order chi connectivity index (χ0) is 16.1. The predicted octanol–water partition coefficient (Wildman–Crippen LogP) is 3.54. The molecule has 1 fully saturated rings. The van der Waals surface area contributed by atoms with Crippen molar-refractivity contribution in [1.29, 1.82) is 0 Å². The average molecular weight is 331 g/mol. The Balaban J connectivity index is 1.83. The number of nitrogens with zero attached hydrogens (tertiary/aromatic N) is 2. The van der Waals surface area contributed by atoms with E-state index in [2.05, 4.69) is 10.3 Å². The van der Waals surface area contributed by atoms with E-state index in [-0.39, 0.29) is 11.7 Å². The smallest absolute Gasteiger partial charge is 0.257 e. The molecule has 0 radical (unpaired) electrons. The molecule has 0 aliphatic carbocycles. The van der Waals surface area contributed by atoms with E-state index in [1.54, 1.807) is 30.5 Å². The second kappa shape index (κ2) is 7.46. The third-order valence-electron chi connectivity index (χ3n) is 3.63. The molecule has 0 atom stereocenters. The normalized spacial score (nSPS) is 15.1. The molecule has 2 heterocycles. The molecule has 0 unspecified atom stereocenters. The molecule has 3 rings (SSSR count). The van der Waals surface area contributed by atoms with Crippen LogP contribution in [-0.4, -0.2) is 40.4 Å². The fourth-order valence-electron chi connectivity index (χ4n) is 2.50. The molecule has 1 aliphatic rings. The molecule has 6 heteroatoms. The minimum atomic E-state index is -0.330. The van der Waals surface area contributed by atoms with Gasteiger partial charge in [-0.25, -0.2) is 9.37 Å². The van der Waals surface area contributed by atoms with Crippen LogP contribution in [0.25, 0.3) is 0 Å².